The van der Waals surface area contributed by atoms with E-state index in [0.29, 0.717) is 25.3 Å². The van der Waals surface area contributed by atoms with Gasteiger partial charge in [0.25, 0.3) is 0 Å². The number of rotatable bonds is 5. The summed E-state index contributed by atoms with van der Waals surface area (Å²) in [7, 11) is 1.83. The van der Waals surface area contributed by atoms with Gasteiger partial charge in [0.1, 0.15) is 6.33 Å². The SMILES string of the molecule is C[C@@H](NC(=O)NCCN1CCCCCC1=O)c1nncn1C. The van der Waals surface area contributed by atoms with Gasteiger partial charge in [-0.3, -0.25) is 4.79 Å². The van der Waals surface area contributed by atoms with Gasteiger partial charge in [-0.1, -0.05) is 6.42 Å². The van der Waals surface area contributed by atoms with Gasteiger partial charge in [-0.25, -0.2) is 4.79 Å². The van der Waals surface area contributed by atoms with Gasteiger partial charge >= 0.3 is 6.03 Å². The number of amides is 3. The zero-order valence-electron chi connectivity index (χ0n) is 13.2. The zero-order valence-corrected chi connectivity index (χ0v) is 13.2. The number of likely N-dealkylation sites (tertiary alicyclic amines) is 1. The van der Waals surface area contributed by atoms with E-state index < -0.39 is 0 Å². The Balaban J connectivity index is 1.71. The van der Waals surface area contributed by atoms with Crippen LogP contribution in [0.5, 0.6) is 0 Å². The highest BCUT2D eigenvalue weighted by atomic mass is 16.2. The van der Waals surface area contributed by atoms with Crippen LogP contribution >= 0.6 is 0 Å². The summed E-state index contributed by atoms with van der Waals surface area (Å²) in [5, 5.41) is 13.3. The molecule has 0 saturated carbocycles. The third-order valence-electron chi connectivity index (χ3n) is 3.82. The Morgan fingerprint density at radius 2 is 2.23 bits per heavy atom. The van der Waals surface area contributed by atoms with Crippen LogP contribution in [0, 0.1) is 0 Å². The molecule has 0 bridgehead atoms. The first kappa shape index (κ1) is 16.3. The van der Waals surface area contributed by atoms with Crippen molar-refractivity contribution in [3.05, 3.63) is 12.2 Å². The predicted octanol–water partition coefficient (Wildman–Crippen LogP) is 0.578. The van der Waals surface area contributed by atoms with Gasteiger partial charge in [-0.05, 0) is 19.8 Å². The highest BCUT2D eigenvalue weighted by Crippen LogP contribution is 2.10. The molecule has 2 heterocycles. The molecule has 2 rings (SSSR count). The number of nitrogens with one attached hydrogen (secondary N) is 2. The van der Waals surface area contributed by atoms with Gasteiger partial charge in [0.15, 0.2) is 5.82 Å². The molecular weight excluding hydrogens is 284 g/mol. The van der Waals surface area contributed by atoms with Crippen LogP contribution in [0.15, 0.2) is 6.33 Å². The Hall–Kier alpha value is -2.12. The maximum Gasteiger partial charge on any atom is 0.315 e. The van der Waals surface area contributed by atoms with Crippen LogP contribution in [0.3, 0.4) is 0 Å². The highest BCUT2D eigenvalue weighted by molar-refractivity contribution is 5.77. The minimum atomic E-state index is -0.266. The van der Waals surface area contributed by atoms with Crippen molar-refractivity contribution in [2.45, 2.75) is 38.6 Å². The fourth-order valence-corrected chi connectivity index (χ4v) is 2.58. The largest absolute Gasteiger partial charge is 0.341 e. The third kappa shape index (κ3) is 4.44. The molecule has 0 spiro atoms. The molecule has 8 nitrogen and oxygen atoms in total. The smallest absolute Gasteiger partial charge is 0.315 e. The Labute approximate surface area is 130 Å². The molecule has 22 heavy (non-hydrogen) atoms. The molecule has 1 aliphatic rings. The van der Waals surface area contributed by atoms with Gasteiger partial charge in [-0.15, -0.1) is 10.2 Å². The van der Waals surface area contributed by atoms with E-state index in [0.717, 1.165) is 25.8 Å². The van der Waals surface area contributed by atoms with Gasteiger partial charge in [-0.2, -0.15) is 0 Å². The van der Waals surface area contributed by atoms with E-state index in [1.807, 2.05) is 18.9 Å². The van der Waals surface area contributed by atoms with E-state index in [1.54, 1.807) is 10.9 Å². The normalized spacial score (nSPS) is 17.0. The first-order valence-electron chi connectivity index (χ1n) is 7.74. The van der Waals surface area contributed by atoms with Gasteiger partial charge in [0, 0.05) is 33.1 Å². The first-order chi connectivity index (χ1) is 10.6. The molecule has 1 aromatic heterocycles. The molecule has 1 aliphatic heterocycles. The summed E-state index contributed by atoms with van der Waals surface area (Å²) >= 11 is 0. The number of aryl methyl sites for hydroxylation is 1. The third-order valence-corrected chi connectivity index (χ3v) is 3.82. The Bertz CT molecular complexity index is 515. The number of aromatic nitrogens is 3. The molecule has 0 aromatic carbocycles. The van der Waals surface area contributed by atoms with Crippen molar-refractivity contribution in [3.63, 3.8) is 0 Å². The van der Waals surface area contributed by atoms with Crippen molar-refractivity contribution in [1.82, 2.24) is 30.3 Å². The first-order valence-corrected chi connectivity index (χ1v) is 7.74. The van der Waals surface area contributed by atoms with Gasteiger partial charge in [0.05, 0.1) is 6.04 Å². The summed E-state index contributed by atoms with van der Waals surface area (Å²) in [6.45, 7) is 3.65. The molecule has 1 atom stereocenters. The van der Waals surface area contributed by atoms with Crippen LogP contribution < -0.4 is 10.6 Å². The number of nitrogens with zero attached hydrogens (tertiary/aromatic N) is 4. The average molecular weight is 308 g/mol. The maximum absolute atomic E-state index is 11.9. The molecular formula is C14H24N6O2. The number of carbonyl (C=O) groups excluding carboxylic acids is 2. The monoisotopic (exact) mass is 308 g/mol. The molecule has 0 radical (unpaired) electrons. The van der Waals surface area contributed by atoms with Crippen molar-refractivity contribution >= 4 is 11.9 Å². The molecule has 0 unspecified atom stereocenters. The summed E-state index contributed by atoms with van der Waals surface area (Å²) < 4.78 is 1.76. The molecule has 1 fully saturated rings. The van der Waals surface area contributed by atoms with Crippen molar-refractivity contribution in [3.8, 4) is 0 Å². The van der Waals surface area contributed by atoms with E-state index >= 15 is 0 Å². The Morgan fingerprint density at radius 3 is 2.95 bits per heavy atom. The van der Waals surface area contributed by atoms with Crippen molar-refractivity contribution in [2.24, 2.45) is 7.05 Å². The Kier molecular flexibility index (Phi) is 5.74. The van der Waals surface area contributed by atoms with Crippen LogP contribution in [0.1, 0.15) is 44.5 Å². The molecule has 8 heteroatoms. The number of hydrogen-bond donors (Lipinski definition) is 2. The molecule has 1 aromatic rings. The molecule has 0 aliphatic carbocycles. The van der Waals surface area contributed by atoms with Crippen LogP contribution in [-0.2, 0) is 11.8 Å². The number of hydrogen-bond acceptors (Lipinski definition) is 4. The topological polar surface area (TPSA) is 92.2 Å². The summed E-state index contributed by atoms with van der Waals surface area (Å²) in [4.78, 5) is 25.5. The summed E-state index contributed by atoms with van der Waals surface area (Å²) in [5.74, 6) is 0.880. The lowest BCUT2D eigenvalue weighted by Crippen LogP contribution is -2.43. The fraction of sp³-hybridized carbons (Fsp3) is 0.714. The van der Waals surface area contributed by atoms with E-state index in [-0.39, 0.29) is 18.0 Å². The highest BCUT2D eigenvalue weighted by Gasteiger charge is 2.17. The maximum atomic E-state index is 11.9. The molecule has 122 valence electrons. The van der Waals surface area contributed by atoms with Crippen LogP contribution in [-0.4, -0.2) is 51.2 Å². The molecule has 1 saturated heterocycles. The van der Waals surface area contributed by atoms with Gasteiger partial charge in [0.2, 0.25) is 5.91 Å². The number of urea groups is 1. The zero-order chi connectivity index (χ0) is 15.9. The molecule has 2 N–H and O–H groups in total. The predicted molar refractivity (Wildman–Crippen MR) is 81.0 cm³/mol. The van der Waals surface area contributed by atoms with E-state index in [4.69, 9.17) is 0 Å². The van der Waals surface area contributed by atoms with Gasteiger partial charge < -0.3 is 20.1 Å². The standard InChI is InChI=1S/C14H24N6O2/c1-11(13-18-16-10-19(13)2)17-14(22)15-7-9-20-8-5-3-4-6-12(20)21/h10-11H,3-9H2,1-2H3,(H2,15,17,22)/t11-/m1/s1. The van der Waals surface area contributed by atoms with Crippen LogP contribution in [0.2, 0.25) is 0 Å². The lowest BCUT2D eigenvalue weighted by molar-refractivity contribution is -0.130. The van der Waals surface area contributed by atoms with E-state index in [1.165, 1.54) is 0 Å². The Morgan fingerprint density at radius 1 is 1.41 bits per heavy atom. The fourth-order valence-electron chi connectivity index (χ4n) is 2.58. The second-order valence-corrected chi connectivity index (χ2v) is 5.61. The van der Waals surface area contributed by atoms with E-state index in [2.05, 4.69) is 20.8 Å². The molecule has 3 amide bonds. The van der Waals surface area contributed by atoms with Crippen LogP contribution in [0.25, 0.3) is 0 Å². The van der Waals surface area contributed by atoms with Crippen molar-refractivity contribution < 1.29 is 9.59 Å². The van der Waals surface area contributed by atoms with Crippen LogP contribution in [0.4, 0.5) is 4.79 Å². The summed E-state index contributed by atoms with van der Waals surface area (Å²) in [5.41, 5.74) is 0. The van der Waals surface area contributed by atoms with Crippen molar-refractivity contribution in [2.75, 3.05) is 19.6 Å². The summed E-state index contributed by atoms with van der Waals surface area (Å²) in [6, 6.07) is -0.495. The second kappa shape index (κ2) is 7.77. The van der Waals surface area contributed by atoms with Crippen molar-refractivity contribution in [1.29, 1.82) is 0 Å². The quantitative estimate of drug-likeness (QED) is 0.832. The lowest BCUT2D eigenvalue weighted by atomic mass is 10.2. The lowest BCUT2D eigenvalue weighted by Gasteiger charge is -2.21. The number of carbonyl (C=O) groups is 2. The minimum absolute atomic E-state index is 0.187. The summed E-state index contributed by atoms with van der Waals surface area (Å²) in [6.07, 6.45) is 5.33. The average Bonchev–Trinajstić information content (AvgIpc) is 2.80. The van der Waals surface area contributed by atoms with E-state index in [9.17, 15) is 9.59 Å². The second-order valence-electron chi connectivity index (χ2n) is 5.61. The minimum Gasteiger partial charge on any atom is -0.341 e.